The van der Waals surface area contributed by atoms with E-state index in [1.807, 2.05) is 49.8 Å². The van der Waals surface area contributed by atoms with Crippen molar-refractivity contribution in [3.63, 3.8) is 0 Å². The number of rotatable bonds is 4. The molecule has 8 nitrogen and oxygen atoms in total. The first-order chi connectivity index (χ1) is 11.8. The lowest BCUT2D eigenvalue weighted by Gasteiger charge is -2.35. The molecule has 1 aromatic carbocycles. The molecule has 2 aromatic heterocycles. The summed E-state index contributed by atoms with van der Waals surface area (Å²) in [6, 6.07) is 10.2. The number of nitrogens with one attached hydrogen (secondary N) is 1. The molecule has 0 amide bonds. The van der Waals surface area contributed by atoms with Crippen molar-refractivity contribution in [3.05, 3.63) is 54.4 Å². The van der Waals surface area contributed by atoms with Crippen molar-refractivity contribution in [1.82, 2.24) is 40.0 Å². The van der Waals surface area contributed by atoms with E-state index in [1.54, 1.807) is 4.68 Å². The second-order valence-corrected chi connectivity index (χ2v) is 5.93. The summed E-state index contributed by atoms with van der Waals surface area (Å²) in [5.74, 6) is 1.89. The first-order valence-electron chi connectivity index (χ1n) is 8.07. The summed E-state index contributed by atoms with van der Waals surface area (Å²) in [5.41, 5.74) is 0.973. The molecule has 124 valence electrons. The van der Waals surface area contributed by atoms with E-state index < -0.39 is 0 Å². The molecule has 1 saturated heterocycles. The fraction of sp³-hybridized carbons (Fsp3) is 0.375. The fourth-order valence-corrected chi connectivity index (χ4v) is 3.14. The third-order valence-electron chi connectivity index (χ3n) is 4.39. The highest BCUT2D eigenvalue weighted by Gasteiger charge is 2.28. The third-order valence-corrected chi connectivity index (χ3v) is 4.39. The monoisotopic (exact) mass is 324 g/mol. The third kappa shape index (κ3) is 2.81. The van der Waals surface area contributed by atoms with Crippen molar-refractivity contribution >= 4 is 0 Å². The summed E-state index contributed by atoms with van der Waals surface area (Å²) in [5, 5.41) is 15.7. The van der Waals surface area contributed by atoms with Crippen LogP contribution in [0.4, 0.5) is 0 Å². The number of tetrazole rings is 1. The smallest absolute Gasteiger partial charge is 0.170 e. The maximum absolute atomic E-state index is 4.52. The van der Waals surface area contributed by atoms with Gasteiger partial charge in [0.15, 0.2) is 5.82 Å². The van der Waals surface area contributed by atoms with Gasteiger partial charge in [-0.25, -0.2) is 4.98 Å². The van der Waals surface area contributed by atoms with Gasteiger partial charge in [-0.1, -0.05) is 18.2 Å². The number of benzene rings is 1. The van der Waals surface area contributed by atoms with Gasteiger partial charge in [-0.2, -0.15) is 4.68 Å². The Hall–Kier alpha value is -2.58. The van der Waals surface area contributed by atoms with Crippen molar-refractivity contribution in [2.75, 3.05) is 19.6 Å². The van der Waals surface area contributed by atoms with Gasteiger partial charge in [0, 0.05) is 39.1 Å². The lowest BCUT2D eigenvalue weighted by molar-refractivity contribution is 0.140. The van der Waals surface area contributed by atoms with Crippen LogP contribution in [0.2, 0.25) is 0 Å². The highest BCUT2D eigenvalue weighted by atomic mass is 15.5. The predicted molar refractivity (Wildman–Crippen MR) is 88.4 cm³/mol. The molecule has 0 radical (unpaired) electrons. The van der Waals surface area contributed by atoms with Crippen LogP contribution in [-0.4, -0.2) is 54.3 Å². The van der Waals surface area contributed by atoms with Crippen LogP contribution >= 0.6 is 0 Å². The Kier molecular flexibility index (Phi) is 4.06. The van der Waals surface area contributed by atoms with E-state index in [1.165, 1.54) is 0 Å². The van der Waals surface area contributed by atoms with Gasteiger partial charge in [0.25, 0.3) is 0 Å². The number of aryl methyl sites for hydroxylation is 1. The molecule has 1 N–H and O–H groups in total. The van der Waals surface area contributed by atoms with Gasteiger partial charge in [-0.15, -0.1) is 5.10 Å². The summed E-state index contributed by atoms with van der Waals surface area (Å²) in [6.07, 6.45) is 3.83. The Labute approximate surface area is 140 Å². The second kappa shape index (κ2) is 6.50. The molecule has 1 aliphatic rings. The minimum absolute atomic E-state index is 0.208. The maximum Gasteiger partial charge on any atom is 0.170 e. The van der Waals surface area contributed by atoms with Crippen molar-refractivity contribution in [3.8, 4) is 5.69 Å². The molecular formula is C16H20N8. The fourth-order valence-electron chi connectivity index (χ4n) is 3.14. The SMILES string of the molecule is Cn1ccnc1C1CNCCN1Cc1nnnn1-c1ccccc1. The van der Waals surface area contributed by atoms with Gasteiger partial charge >= 0.3 is 0 Å². The molecule has 0 bridgehead atoms. The molecule has 0 saturated carbocycles. The van der Waals surface area contributed by atoms with Crippen LogP contribution in [0.5, 0.6) is 0 Å². The van der Waals surface area contributed by atoms with Crippen LogP contribution in [0.1, 0.15) is 17.7 Å². The minimum atomic E-state index is 0.208. The molecule has 0 spiro atoms. The Bertz CT molecular complexity index is 793. The number of imidazole rings is 1. The van der Waals surface area contributed by atoms with E-state index in [0.29, 0.717) is 6.54 Å². The molecule has 1 fully saturated rings. The highest BCUT2D eigenvalue weighted by Crippen LogP contribution is 2.22. The number of piperazine rings is 1. The number of hydrogen-bond donors (Lipinski definition) is 1. The summed E-state index contributed by atoms with van der Waals surface area (Å²) in [4.78, 5) is 6.90. The van der Waals surface area contributed by atoms with E-state index >= 15 is 0 Å². The van der Waals surface area contributed by atoms with Gasteiger partial charge in [0.1, 0.15) is 5.82 Å². The van der Waals surface area contributed by atoms with Crippen LogP contribution < -0.4 is 5.32 Å². The van der Waals surface area contributed by atoms with Gasteiger partial charge in [-0.05, 0) is 22.6 Å². The van der Waals surface area contributed by atoms with E-state index in [4.69, 9.17) is 0 Å². The zero-order valence-corrected chi connectivity index (χ0v) is 13.6. The van der Waals surface area contributed by atoms with Gasteiger partial charge in [0.2, 0.25) is 0 Å². The maximum atomic E-state index is 4.52. The minimum Gasteiger partial charge on any atom is -0.337 e. The molecule has 3 aromatic rings. The summed E-state index contributed by atoms with van der Waals surface area (Å²) in [6.45, 7) is 3.44. The van der Waals surface area contributed by atoms with Crippen LogP contribution in [0.25, 0.3) is 5.69 Å². The van der Waals surface area contributed by atoms with Gasteiger partial charge in [0.05, 0.1) is 18.3 Å². The van der Waals surface area contributed by atoms with Crippen molar-refractivity contribution < 1.29 is 0 Å². The zero-order valence-electron chi connectivity index (χ0n) is 13.6. The molecule has 1 atom stereocenters. The number of nitrogens with zero attached hydrogens (tertiary/aromatic N) is 7. The molecule has 8 heteroatoms. The van der Waals surface area contributed by atoms with E-state index in [-0.39, 0.29) is 6.04 Å². The molecule has 1 aliphatic heterocycles. The Morgan fingerprint density at radius 3 is 2.92 bits per heavy atom. The summed E-state index contributed by atoms with van der Waals surface area (Å²) in [7, 11) is 2.03. The Balaban J connectivity index is 1.60. The molecule has 1 unspecified atom stereocenters. The van der Waals surface area contributed by atoms with Crippen LogP contribution in [0, 0.1) is 0 Å². The average Bonchev–Trinajstić information content (AvgIpc) is 3.25. The first-order valence-corrected chi connectivity index (χ1v) is 8.07. The largest absolute Gasteiger partial charge is 0.337 e. The average molecular weight is 324 g/mol. The highest BCUT2D eigenvalue weighted by molar-refractivity contribution is 5.30. The van der Waals surface area contributed by atoms with Crippen molar-refractivity contribution in [2.45, 2.75) is 12.6 Å². The Morgan fingerprint density at radius 2 is 2.12 bits per heavy atom. The van der Waals surface area contributed by atoms with Crippen molar-refractivity contribution in [2.24, 2.45) is 7.05 Å². The van der Waals surface area contributed by atoms with Gasteiger partial charge in [-0.3, -0.25) is 4.90 Å². The molecule has 4 rings (SSSR count). The summed E-state index contributed by atoms with van der Waals surface area (Å²) < 4.78 is 3.88. The number of aromatic nitrogens is 6. The van der Waals surface area contributed by atoms with Crippen LogP contribution in [0.15, 0.2) is 42.7 Å². The topological polar surface area (TPSA) is 76.7 Å². The zero-order chi connectivity index (χ0) is 16.4. The van der Waals surface area contributed by atoms with E-state index in [9.17, 15) is 0 Å². The lowest BCUT2D eigenvalue weighted by Crippen LogP contribution is -2.46. The summed E-state index contributed by atoms with van der Waals surface area (Å²) >= 11 is 0. The standard InChI is InChI=1S/C16H20N8/c1-22-9-8-18-16(22)14-11-17-7-10-23(14)12-15-19-20-21-24(15)13-5-3-2-4-6-13/h2-6,8-9,14,17H,7,10-12H2,1H3. The number of hydrogen-bond acceptors (Lipinski definition) is 6. The predicted octanol–water partition coefficient (Wildman–Crippen LogP) is 0.542. The van der Waals surface area contributed by atoms with E-state index in [2.05, 4.69) is 35.3 Å². The van der Waals surface area contributed by atoms with Gasteiger partial charge < -0.3 is 9.88 Å². The van der Waals surface area contributed by atoms with Crippen LogP contribution in [0.3, 0.4) is 0 Å². The molecule has 3 heterocycles. The normalized spacial score (nSPS) is 18.8. The second-order valence-electron chi connectivity index (χ2n) is 5.93. The quantitative estimate of drug-likeness (QED) is 0.755. The first kappa shape index (κ1) is 15.0. The molecule has 0 aliphatic carbocycles. The van der Waals surface area contributed by atoms with Crippen molar-refractivity contribution in [1.29, 1.82) is 0 Å². The lowest BCUT2D eigenvalue weighted by atomic mass is 10.1. The molecule has 24 heavy (non-hydrogen) atoms. The van der Waals surface area contributed by atoms with Crippen LogP contribution in [-0.2, 0) is 13.6 Å². The molecular weight excluding hydrogens is 304 g/mol. The Morgan fingerprint density at radius 1 is 1.25 bits per heavy atom. The number of para-hydroxylation sites is 1. The van der Waals surface area contributed by atoms with E-state index in [0.717, 1.165) is 37.0 Å².